The summed E-state index contributed by atoms with van der Waals surface area (Å²) in [5.41, 5.74) is 0.165. The van der Waals surface area contributed by atoms with E-state index >= 15 is 0 Å². The van der Waals surface area contributed by atoms with Gasteiger partial charge < -0.3 is 4.90 Å². The normalized spacial score (nSPS) is 15.4. The number of hydrogen-bond donors (Lipinski definition) is 0. The quantitative estimate of drug-likeness (QED) is 0.531. The molecule has 0 amide bonds. The molecule has 0 aromatic heterocycles. The predicted molar refractivity (Wildman–Crippen MR) is 102 cm³/mol. The average Bonchev–Trinajstić information content (AvgIpc) is 2.68. The van der Waals surface area contributed by atoms with Crippen LogP contribution in [-0.2, 0) is 10.0 Å². The topological polar surface area (TPSA) is 127 Å². The van der Waals surface area contributed by atoms with Crippen LogP contribution in [0.2, 0.25) is 5.02 Å². The van der Waals surface area contributed by atoms with Gasteiger partial charge in [-0.1, -0.05) is 17.7 Å². The van der Waals surface area contributed by atoms with Crippen LogP contribution in [0.5, 0.6) is 0 Å². The Morgan fingerprint density at radius 2 is 1.50 bits per heavy atom. The maximum atomic E-state index is 12.8. The van der Waals surface area contributed by atoms with Gasteiger partial charge >= 0.3 is 0 Å². The highest BCUT2D eigenvalue weighted by Crippen LogP contribution is 2.31. The van der Waals surface area contributed by atoms with E-state index in [1.54, 1.807) is 0 Å². The molecular formula is C16H15ClN4O6S. The molecule has 0 N–H and O–H groups in total. The van der Waals surface area contributed by atoms with Gasteiger partial charge in [-0.2, -0.15) is 4.31 Å². The molecule has 0 unspecified atom stereocenters. The first-order chi connectivity index (χ1) is 13.2. The van der Waals surface area contributed by atoms with Gasteiger partial charge in [0.05, 0.1) is 25.5 Å². The number of sulfonamides is 1. The highest BCUT2D eigenvalue weighted by atomic mass is 35.5. The summed E-state index contributed by atoms with van der Waals surface area (Å²) in [6, 6.07) is 9.05. The van der Waals surface area contributed by atoms with Gasteiger partial charge in [0.15, 0.2) is 0 Å². The number of benzene rings is 2. The fourth-order valence-corrected chi connectivity index (χ4v) is 4.70. The third kappa shape index (κ3) is 3.91. The second-order valence-electron chi connectivity index (χ2n) is 6.04. The highest BCUT2D eigenvalue weighted by Gasteiger charge is 2.30. The lowest BCUT2D eigenvalue weighted by molar-refractivity contribution is -0.385. The van der Waals surface area contributed by atoms with E-state index in [9.17, 15) is 28.6 Å². The minimum Gasteiger partial charge on any atom is -0.368 e. The van der Waals surface area contributed by atoms with Crippen LogP contribution < -0.4 is 4.90 Å². The van der Waals surface area contributed by atoms with E-state index in [1.807, 2.05) is 4.90 Å². The summed E-state index contributed by atoms with van der Waals surface area (Å²) in [6.07, 6.45) is 0. The molecule has 0 bridgehead atoms. The molecule has 0 radical (unpaired) electrons. The van der Waals surface area contributed by atoms with Crippen molar-refractivity contribution < 1.29 is 18.3 Å². The molecule has 1 saturated heterocycles. The second kappa shape index (κ2) is 7.70. The van der Waals surface area contributed by atoms with Crippen LogP contribution in [0.25, 0.3) is 0 Å². The molecule has 2 aromatic rings. The molecule has 0 saturated carbocycles. The Bertz CT molecular complexity index is 1040. The summed E-state index contributed by atoms with van der Waals surface area (Å²) >= 11 is 6.13. The highest BCUT2D eigenvalue weighted by molar-refractivity contribution is 7.89. The molecule has 0 spiro atoms. The minimum absolute atomic E-state index is 0.124. The van der Waals surface area contributed by atoms with Crippen molar-refractivity contribution in [2.45, 2.75) is 4.90 Å². The third-order valence-electron chi connectivity index (χ3n) is 4.39. The number of rotatable bonds is 5. The number of hydrogen-bond acceptors (Lipinski definition) is 7. The maximum Gasteiger partial charge on any atom is 0.271 e. The maximum absolute atomic E-state index is 12.8. The van der Waals surface area contributed by atoms with Gasteiger partial charge in [-0.05, 0) is 12.1 Å². The molecular weight excluding hydrogens is 412 g/mol. The summed E-state index contributed by atoms with van der Waals surface area (Å²) in [4.78, 5) is 22.2. The molecule has 2 aromatic carbocycles. The van der Waals surface area contributed by atoms with Crippen molar-refractivity contribution in [3.05, 3.63) is 67.7 Å². The van der Waals surface area contributed by atoms with Crippen LogP contribution >= 0.6 is 11.6 Å². The first-order valence-corrected chi connectivity index (χ1v) is 9.95. The van der Waals surface area contributed by atoms with E-state index in [4.69, 9.17) is 11.6 Å². The van der Waals surface area contributed by atoms with Crippen molar-refractivity contribution >= 4 is 38.7 Å². The predicted octanol–water partition coefficient (Wildman–Crippen LogP) is 2.67. The number of nitrogens with zero attached hydrogens (tertiary/aromatic N) is 4. The molecule has 1 fully saturated rings. The SMILES string of the molecule is O=[N+]([O-])c1cccc(S(=O)(=O)N2CCN(c3ccc([N+](=O)[O-])cc3Cl)CC2)c1. The van der Waals surface area contributed by atoms with E-state index in [0.717, 1.165) is 6.07 Å². The Morgan fingerprint density at radius 1 is 0.893 bits per heavy atom. The standard InChI is InChI=1S/C16H15ClN4O6S/c17-15-11-13(21(24)25)4-5-16(15)18-6-8-19(9-7-18)28(26,27)14-3-1-2-12(10-14)20(22)23/h1-5,10-11H,6-9H2. The van der Waals surface area contributed by atoms with Crippen LogP contribution in [-0.4, -0.2) is 48.7 Å². The molecule has 1 aliphatic rings. The van der Waals surface area contributed by atoms with E-state index in [2.05, 4.69) is 0 Å². The van der Waals surface area contributed by atoms with Gasteiger partial charge in [-0.3, -0.25) is 20.2 Å². The zero-order valence-corrected chi connectivity index (χ0v) is 16.0. The molecule has 148 valence electrons. The summed E-state index contributed by atoms with van der Waals surface area (Å²) in [5.74, 6) is 0. The van der Waals surface area contributed by atoms with Crippen molar-refractivity contribution in [3.63, 3.8) is 0 Å². The molecule has 1 heterocycles. The minimum atomic E-state index is -3.87. The number of non-ortho nitro benzene ring substituents is 2. The first kappa shape index (κ1) is 20.0. The summed E-state index contributed by atoms with van der Waals surface area (Å²) in [5, 5.41) is 21.9. The van der Waals surface area contributed by atoms with Crippen LogP contribution in [0.3, 0.4) is 0 Å². The van der Waals surface area contributed by atoms with Crippen molar-refractivity contribution in [3.8, 4) is 0 Å². The number of nitro groups is 2. The number of anilines is 1. The van der Waals surface area contributed by atoms with Gasteiger partial charge in [0.1, 0.15) is 0 Å². The molecule has 1 aliphatic heterocycles. The molecule has 12 heteroatoms. The molecule has 28 heavy (non-hydrogen) atoms. The van der Waals surface area contributed by atoms with E-state index in [0.29, 0.717) is 18.8 Å². The number of halogens is 1. The van der Waals surface area contributed by atoms with Crippen LogP contribution in [0.15, 0.2) is 47.4 Å². The van der Waals surface area contributed by atoms with Crippen molar-refractivity contribution in [1.82, 2.24) is 4.31 Å². The summed E-state index contributed by atoms with van der Waals surface area (Å²) in [6.45, 7) is 0.952. The molecule has 0 aliphatic carbocycles. The average molecular weight is 427 g/mol. The lowest BCUT2D eigenvalue weighted by atomic mass is 10.2. The van der Waals surface area contributed by atoms with Crippen molar-refractivity contribution in [2.24, 2.45) is 0 Å². The Labute approximate surface area is 165 Å². The monoisotopic (exact) mass is 426 g/mol. The van der Waals surface area contributed by atoms with Crippen LogP contribution in [0.4, 0.5) is 17.1 Å². The Hall–Kier alpha value is -2.76. The van der Waals surface area contributed by atoms with E-state index < -0.39 is 19.9 Å². The van der Waals surface area contributed by atoms with Gasteiger partial charge in [0, 0.05) is 50.4 Å². The summed E-state index contributed by atoms with van der Waals surface area (Å²) < 4.78 is 26.8. The second-order valence-corrected chi connectivity index (χ2v) is 8.38. The summed E-state index contributed by atoms with van der Waals surface area (Å²) in [7, 11) is -3.87. The molecule has 3 rings (SSSR count). The largest absolute Gasteiger partial charge is 0.368 e. The number of piperazine rings is 1. The number of nitro benzene ring substituents is 2. The lowest BCUT2D eigenvalue weighted by Crippen LogP contribution is -2.48. The molecule has 0 atom stereocenters. The van der Waals surface area contributed by atoms with E-state index in [1.165, 1.54) is 40.7 Å². The Morgan fingerprint density at radius 3 is 2.07 bits per heavy atom. The third-order valence-corrected chi connectivity index (χ3v) is 6.58. The fourth-order valence-electron chi connectivity index (χ4n) is 2.94. The Kier molecular flexibility index (Phi) is 5.49. The smallest absolute Gasteiger partial charge is 0.271 e. The van der Waals surface area contributed by atoms with Gasteiger partial charge in [-0.15, -0.1) is 0 Å². The zero-order valence-electron chi connectivity index (χ0n) is 14.4. The van der Waals surface area contributed by atoms with Crippen molar-refractivity contribution in [1.29, 1.82) is 0 Å². The van der Waals surface area contributed by atoms with Gasteiger partial charge in [0.2, 0.25) is 10.0 Å². The van der Waals surface area contributed by atoms with Crippen LogP contribution in [0, 0.1) is 20.2 Å². The van der Waals surface area contributed by atoms with Gasteiger partial charge in [0.25, 0.3) is 11.4 Å². The van der Waals surface area contributed by atoms with Crippen LogP contribution in [0.1, 0.15) is 0 Å². The Balaban J connectivity index is 1.75. The van der Waals surface area contributed by atoms with Crippen molar-refractivity contribution in [2.75, 3.05) is 31.1 Å². The van der Waals surface area contributed by atoms with Gasteiger partial charge in [-0.25, -0.2) is 8.42 Å². The molecule has 10 nitrogen and oxygen atoms in total. The fraction of sp³-hybridized carbons (Fsp3) is 0.250. The lowest BCUT2D eigenvalue weighted by Gasteiger charge is -2.35. The zero-order chi connectivity index (χ0) is 20.5. The first-order valence-electron chi connectivity index (χ1n) is 8.13. The van der Waals surface area contributed by atoms with E-state index in [-0.39, 0.29) is 34.4 Å².